The minimum Gasteiger partial charge on any atom is -0.317 e. The summed E-state index contributed by atoms with van der Waals surface area (Å²) < 4.78 is 0. The van der Waals surface area contributed by atoms with Crippen LogP contribution < -0.4 is 5.32 Å². The van der Waals surface area contributed by atoms with E-state index in [0.717, 1.165) is 6.42 Å². The zero-order chi connectivity index (χ0) is 12.1. The molecule has 1 N–H and O–H groups in total. The Morgan fingerprint density at radius 1 is 1.25 bits per heavy atom. The summed E-state index contributed by atoms with van der Waals surface area (Å²) in [4.78, 5) is 1.17. The quantitative estimate of drug-likeness (QED) is 0.797. The van der Waals surface area contributed by atoms with Crippen LogP contribution in [0.1, 0.15) is 20.3 Å². The molecule has 2 atom stereocenters. The van der Waals surface area contributed by atoms with Crippen LogP contribution in [0.4, 0.5) is 0 Å². The molecular formula is C12H17Cl2NS. The zero-order valence-electron chi connectivity index (χ0n) is 9.76. The molecule has 0 aliphatic carbocycles. The van der Waals surface area contributed by atoms with Gasteiger partial charge in [-0.05, 0) is 38.6 Å². The molecule has 4 heteroatoms. The molecule has 1 rings (SSSR count). The summed E-state index contributed by atoms with van der Waals surface area (Å²) in [6.07, 6.45) is 1.13. The minimum atomic E-state index is 0.533. The zero-order valence-corrected chi connectivity index (χ0v) is 12.1. The summed E-state index contributed by atoms with van der Waals surface area (Å²) in [6, 6.07) is 6.32. The van der Waals surface area contributed by atoms with E-state index in [1.165, 1.54) is 4.90 Å². The highest BCUT2D eigenvalue weighted by molar-refractivity contribution is 7.99. The lowest BCUT2D eigenvalue weighted by Crippen LogP contribution is -2.24. The molecule has 1 nitrogen and oxygen atoms in total. The minimum absolute atomic E-state index is 0.533. The lowest BCUT2D eigenvalue weighted by molar-refractivity contribution is 0.564. The van der Waals surface area contributed by atoms with E-state index in [9.17, 15) is 0 Å². The molecule has 0 heterocycles. The van der Waals surface area contributed by atoms with Crippen molar-refractivity contribution in [2.75, 3.05) is 7.05 Å². The molecular weight excluding hydrogens is 261 g/mol. The maximum atomic E-state index is 5.97. The van der Waals surface area contributed by atoms with Gasteiger partial charge in [-0.2, -0.15) is 0 Å². The van der Waals surface area contributed by atoms with Gasteiger partial charge in [0.25, 0.3) is 0 Å². The van der Waals surface area contributed by atoms with Crippen LogP contribution in [-0.4, -0.2) is 18.3 Å². The van der Waals surface area contributed by atoms with E-state index in [-0.39, 0.29) is 0 Å². The van der Waals surface area contributed by atoms with E-state index < -0.39 is 0 Å². The third kappa shape index (κ3) is 4.54. The van der Waals surface area contributed by atoms with E-state index in [1.54, 1.807) is 0 Å². The molecule has 16 heavy (non-hydrogen) atoms. The maximum Gasteiger partial charge on any atom is 0.0603 e. The van der Waals surface area contributed by atoms with Crippen LogP contribution in [0.2, 0.25) is 10.0 Å². The van der Waals surface area contributed by atoms with Crippen molar-refractivity contribution < 1.29 is 0 Å². The van der Waals surface area contributed by atoms with E-state index >= 15 is 0 Å². The fourth-order valence-corrected chi connectivity index (χ4v) is 2.99. The highest BCUT2D eigenvalue weighted by Crippen LogP contribution is 2.31. The van der Waals surface area contributed by atoms with Crippen LogP contribution in [0.25, 0.3) is 0 Å². The molecule has 0 fully saturated rings. The molecule has 2 unspecified atom stereocenters. The summed E-state index contributed by atoms with van der Waals surface area (Å²) in [5, 5.41) is 5.04. The van der Waals surface area contributed by atoms with Gasteiger partial charge in [0.15, 0.2) is 0 Å². The first-order valence-corrected chi connectivity index (χ1v) is 6.95. The first-order chi connectivity index (χ1) is 7.52. The Morgan fingerprint density at radius 3 is 2.50 bits per heavy atom. The third-order valence-electron chi connectivity index (χ3n) is 2.41. The predicted octanol–water partition coefficient (Wildman–Crippen LogP) is 4.47. The van der Waals surface area contributed by atoms with Crippen LogP contribution >= 0.6 is 35.0 Å². The maximum absolute atomic E-state index is 5.97. The fourth-order valence-electron chi connectivity index (χ4n) is 1.45. The largest absolute Gasteiger partial charge is 0.317 e. The molecule has 0 aliphatic rings. The van der Waals surface area contributed by atoms with Gasteiger partial charge in [-0.15, -0.1) is 11.8 Å². The monoisotopic (exact) mass is 277 g/mol. The molecule has 0 bridgehead atoms. The van der Waals surface area contributed by atoms with E-state index in [0.29, 0.717) is 21.3 Å². The highest BCUT2D eigenvalue weighted by Gasteiger charge is 2.09. The van der Waals surface area contributed by atoms with Gasteiger partial charge >= 0.3 is 0 Å². The van der Waals surface area contributed by atoms with Crippen molar-refractivity contribution >= 4 is 35.0 Å². The van der Waals surface area contributed by atoms with Crippen molar-refractivity contribution in [3.8, 4) is 0 Å². The Hall–Kier alpha value is 0.110. The topological polar surface area (TPSA) is 12.0 Å². The van der Waals surface area contributed by atoms with E-state index in [1.807, 2.05) is 37.0 Å². The van der Waals surface area contributed by atoms with Crippen LogP contribution in [0, 0.1) is 0 Å². The molecule has 0 radical (unpaired) electrons. The molecule has 0 spiro atoms. The van der Waals surface area contributed by atoms with Gasteiger partial charge in [0, 0.05) is 16.2 Å². The SMILES string of the molecule is CNC(C)CC(C)Sc1ccc(Cl)c(Cl)c1. The Kier molecular flexibility index (Phi) is 5.98. The second-order valence-electron chi connectivity index (χ2n) is 3.93. The molecule has 0 saturated heterocycles. The number of rotatable bonds is 5. The lowest BCUT2D eigenvalue weighted by Gasteiger charge is -2.16. The highest BCUT2D eigenvalue weighted by atomic mass is 35.5. The number of halogens is 2. The Balaban J connectivity index is 2.56. The van der Waals surface area contributed by atoms with Crippen LogP contribution in [0.3, 0.4) is 0 Å². The average molecular weight is 278 g/mol. The van der Waals surface area contributed by atoms with Crippen LogP contribution in [-0.2, 0) is 0 Å². The molecule has 1 aromatic carbocycles. The van der Waals surface area contributed by atoms with E-state index in [4.69, 9.17) is 23.2 Å². The second-order valence-corrected chi connectivity index (χ2v) is 6.26. The van der Waals surface area contributed by atoms with Gasteiger partial charge in [-0.25, -0.2) is 0 Å². The van der Waals surface area contributed by atoms with Crippen LogP contribution in [0.15, 0.2) is 23.1 Å². The number of thioether (sulfide) groups is 1. The number of hydrogen-bond donors (Lipinski definition) is 1. The third-order valence-corrected chi connectivity index (χ3v) is 4.27. The van der Waals surface area contributed by atoms with Gasteiger partial charge in [-0.1, -0.05) is 30.1 Å². The smallest absolute Gasteiger partial charge is 0.0603 e. The summed E-state index contributed by atoms with van der Waals surface area (Å²) in [7, 11) is 1.99. The molecule has 0 aliphatic heterocycles. The predicted molar refractivity (Wildman–Crippen MR) is 74.9 cm³/mol. The number of benzene rings is 1. The summed E-state index contributed by atoms with van der Waals surface area (Å²) in [6.45, 7) is 4.41. The molecule has 90 valence electrons. The van der Waals surface area contributed by atoms with Gasteiger partial charge in [0.2, 0.25) is 0 Å². The lowest BCUT2D eigenvalue weighted by atomic mass is 10.2. The fraction of sp³-hybridized carbons (Fsp3) is 0.500. The van der Waals surface area contributed by atoms with Crippen molar-refractivity contribution in [2.24, 2.45) is 0 Å². The average Bonchev–Trinajstić information content (AvgIpc) is 2.23. The van der Waals surface area contributed by atoms with Crippen molar-refractivity contribution in [3.05, 3.63) is 28.2 Å². The van der Waals surface area contributed by atoms with Gasteiger partial charge in [0.1, 0.15) is 0 Å². The van der Waals surface area contributed by atoms with Gasteiger partial charge in [0.05, 0.1) is 10.0 Å². The first-order valence-electron chi connectivity index (χ1n) is 5.32. The van der Waals surface area contributed by atoms with Crippen molar-refractivity contribution in [2.45, 2.75) is 36.5 Å². The van der Waals surface area contributed by atoms with Crippen molar-refractivity contribution in [3.63, 3.8) is 0 Å². The number of hydrogen-bond acceptors (Lipinski definition) is 2. The second kappa shape index (κ2) is 6.75. The summed E-state index contributed by atoms with van der Waals surface area (Å²) in [5.74, 6) is 0. The molecule has 0 saturated carbocycles. The summed E-state index contributed by atoms with van der Waals surface area (Å²) in [5.41, 5.74) is 0. The Bertz CT molecular complexity index is 344. The van der Waals surface area contributed by atoms with Crippen molar-refractivity contribution in [1.29, 1.82) is 0 Å². The first kappa shape index (κ1) is 14.2. The Labute approximate surface area is 112 Å². The molecule has 0 aromatic heterocycles. The van der Waals surface area contributed by atoms with Crippen molar-refractivity contribution in [1.82, 2.24) is 5.32 Å². The number of nitrogens with one attached hydrogen (secondary N) is 1. The van der Waals surface area contributed by atoms with Crippen LogP contribution in [0.5, 0.6) is 0 Å². The molecule has 1 aromatic rings. The standard InChI is InChI=1S/C12H17Cl2NS/c1-8(15-3)6-9(2)16-10-4-5-11(13)12(14)7-10/h4-5,7-9,15H,6H2,1-3H3. The molecule has 0 amide bonds. The van der Waals surface area contributed by atoms with E-state index in [2.05, 4.69) is 19.2 Å². The Morgan fingerprint density at radius 2 is 1.94 bits per heavy atom. The van der Waals surface area contributed by atoms with Gasteiger partial charge in [-0.3, -0.25) is 0 Å². The summed E-state index contributed by atoms with van der Waals surface area (Å²) >= 11 is 13.7. The van der Waals surface area contributed by atoms with Gasteiger partial charge < -0.3 is 5.32 Å². The normalized spacial score (nSPS) is 14.8.